The fourth-order valence-electron chi connectivity index (χ4n) is 2.56. The average Bonchev–Trinajstić information content (AvgIpc) is 2.49. The lowest BCUT2D eigenvalue weighted by molar-refractivity contribution is -0.131. The number of nitrogens with one attached hydrogen (secondary N) is 1. The third kappa shape index (κ3) is 3.51. The van der Waals surface area contributed by atoms with E-state index in [1.807, 2.05) is 48.5 Å². The van der Waals surface area contributed by atoms with Crippen molar-refractivity contribution in [2.24, 2.45) is 0 Å². The molecule has 1 atom stereocenters. The van der Waals surface area contributed by atoms with Gasteiger partial charge in [-0.05, 0) is 31.7 Å². The quantitative estimate of drug-likeness (QED) is 0.917. The van der Waals surface area contributed by atoms with Crippen LogP contribution in [0.25, 0.3) is 0 Å². The van der Waals surface area contributed by atoms with Gasteiger partial charge in [0.15, 0.2) is 0 Å². The Labute approximate surface area is 119 Å². The summed E-state index contributed by atoms with van der Waals surface area (Å²) in [7, 11) is 2.00. The molecule has 104 valence electrons. The highest BCUT2D eigenvalue weighted by Crippen LogP contribution is 2.29. The number of likely N-dealkylation sites (tertiary alicyclic amines) is 1. The molecule has 1 unspecified atom stereocenters. The summed E-state index contributed by atoms with van der Waals surface area (Å²) in [4.78, 5) is 14.6. The molecule has 0 radical (unpaired) electrons. The molecule has 0 spiro atoms. The second-order valence-electron chi connectivity index (χ2n) is 4.91. The molecule has 1 heterocycles. The van der Waals surface area contributed by atoms with E-state index in [-0.39, 0.29) is 11.2 Å². The van der Waals surface area contributed by atoms with Gasteiger partial charge in [0.2, 0.25) is 5.91 Å². The Kier molecular flexibility index (Phi) is 5.28. The maximum absolute atomic E-state index is 12.6. The number of carbonyl (C=O) groups excluding carboxylic acids is 1. The van der Waals surface area contributed by atoms with Gasteiger partial charge in [0.1, 0.15) is 5.25 Å². The van der Waals surface area contributed by atoms with Gasteiger partial charge in [-0.2, -0.15) is 0 Å². The smallest absolute Gasteiger partial charge is 0.240 e. The summed E-state index contributed by atoms with van der Waals surface area (Å²) in [5.41, 5.74) is 1.11. The predicted molar refractivity (Wildman–Crippen MR) is 81.4 cm³/mol. The molecule has 1 saturated heterocycles. The molecule has 3 nitrogen and oxygen atoms in total. The van der Waals surface area contributed by atoms with Crippen LogP contribution < -0.4 is 5.32 Å². The molecule has 1 aromatic carbocycles. The minimum atomic E-state index is -0.0627. The van der Waals surface area contributed by atoms with Crippen molar-refractivity contribution in [3.05, 3.63) is 35.9 Å². The molecule has 0 saturated carbocycles. The van der Waals surface area contributed by atoms with Gasteiger partial charge in [-0.1, -0.05) is 30.3 Å². The highest BCUT2D eigenvalue weighted by atomic mass is 32.2. The minimum Gasteiger partial charge on any atom is -0.341 e. The molecule has 1 fully saturated rings. The van der Waals surface area contributed by atoms with E-state index in [9.17, 15) is 4.79 Å². The molecular formula is C15H22N2OS. The number of carbonyl (C=O) groups is 1. The van der Waals surface area contributed by atoms with Crippen molar-refractivity contribution in [3.8, 4) is 0 Å². The Hall–Kier alpha value is -1.00. The van der Waals surface area contributed by atoms with Crippen molar-refractivity contribution in [3.63, 3.8) is 0 Å². The molecule has 1 aromatic rings. The van der Waals surface area contributed by atoms with Crippen molar-refractivity contribution in [2.75, 3.05) is 26.4 Å². The molecule has 4 heteroatoms. The summed E-state index contributed by atoms with van der Waals surface area (Å²) in [5, 5.41) is 3.23. The minimum absolute atomic E-state index is 0.0627. The van der Waals surface area contributed by atoms with Crippen molar-refractivity contribution in [1.82, 2.24) is 10.2 Å². The lowest BCUT2D eigenvalue weighted by atomic mass is 10.0. The fraction of sp³-hybridized carbons (Fsp3) is 0.533. The van der Waals surface area contributed by atoms with Crippen LogP contribution in [0.1, 0.15) is 23.7 Å². The number of benzene rings is 1. The van der Waals surface area contributed by atoms with Crippen LogP contribution in [0.2, 0.25) is 0 Å². The normalized spacial score (nSPS) is 18.3. The van der Waals surface area contributed by atoms with Crippen LogP contribution >= 0.6 is 11.8 Å². The molecule has 1 amide bonds. The summed E-state index contributed by atoms with van der Waals surface area (Å²) in [6, 6.07) is 10.6. The molecule has 1 aliphatic heterocycles. The SMILES string of the molecule is CNC1CCN(C(=O)C(SC)c2ccccc2)CC1. The maximum atomic E-state index is 12.6. The van der Waals surface area contributed by atoms with E-state index in [1.54, 1.807) is 11.8 Å². The number of piperidine rings is 1. The lowest BCUT2D eigenvalue weighted by Gasteiger charge is -2.33. The molecule has 0 aliphatic carbocycles. The van der Waals surface area contributed by atoms with E-state index in [0.29, 0.717) is 6.04 Å². The zero-order chi connectivity index (χ0) is 13.7. The Bertz CT molecular complexity index is 402. The fourth-order valence-corrected chi connectivity index (χ4v) is 3.34. The van der Waals surface area contributed by atoms with Gasteiger partial charge in [0.05, 0.1) is 0 Å². The third-order valence-electron chi connectivity index (χ3n) is 3.78. The van der Waals surface area contributed by atoms with Crippen LogP contribution in [0.4, 0.5) is 0 Å². The van der Waals surface area contributed by atoms with Crippen molar-refractivity contribution >= 4 is 17.7 Å². The highest BCUT2D eigenvalue weighted by molar-refractivity contribution is 7.99. The first-order chi connectivity index (χ1) is 9.26. The van der Waals surface area contributed by atoms with Crippen molar-refractivity contribution in [2.45, 2.75) is 24.1 Å². The zero-order valence-corrected chi connectivity index (χ0v) is 12.5. The number of nitrogens with zero attached hydrogens (tertiary/aromatic N) is 1. The average molecular weight is 278 g/mol. The standard InChI is InChI=1S/C15H22N2OS/c1-16-13-8-10-17(11-9-13)15(18)14(19-2)12-6-4-3-5-7-12/h3-7,13-14,16H,8-11H2,1-2H3. The number of hydrogen-bond acceptors (Lipinski definition) is 3. The van der Waals surface area contributed by atoms with E-state index in [2.05, 4.69) is 5.32 Å². The molecular weight excluding hydrogens is 256 g/mol. The first kappa shape index (κ1) is 14.4. The van der Waals surface area contributed by atoms with Crippen LogP contribution in [0.5, 0.6) is 0 Å². The van der Waals surface area contributed by atoms with E-state index < -0.39 is 0 Å². The predicted octanol–water partition coefficient (Wildman–Crippen LogP) is 2.30. The van der Waals surface area contributed by atoms with E-state index in [0.717, 1.165) is 31.5 Å². The van der Waals surface area contributed by atoms with Gasteiger partial charge in [0, 0.05) is 19.1 Å². The van der Waals surface area contributed by atoms with Gasteiger partial charge in [-0.3, -0.25) is 4.79 Å². The molecule has 0 bridgehead atoms. The number of rotatable bonds is 4. The van der Waals surface area contributed by atoms with E-state index in [4.69, 9.17) is 0 Å². The van der Waals surface area contributed by atoms with Gasteiger partial charge in [-0.15, -0.1) is 11.8 Å². The molecule has 1 aliphatic rings. The van der Waals surface area contributed by atoms with Crippen molar-refractivity contribution < 1.29 is 4.79 Å². The molecule has 2 rings (SSSR count). The van der Waals surface area contributed by atoms with Gasteiger partial charge in [-0.25, -0.2) is 0 Å². The Morgan fingerprint density at radius 1 is 1.32 bits per heavy atom. The summed E-state index contributed by atoms with van der Waals surface area (Å²) >= 11 is 1.62. The Balaban J connectivity index is 2.02. The summed E-state index contributed by atoms with van der Waals surface area (Å²) in [6.07, 6.45) is 4.12. The largest absolute Gasteiger partial charge is 0.341 e. The summed E-state index contributed by atoms with van der Waals surface area (Å²) in [6.45, 7) is 1.74. The maximum Gasteiger partial charge on any atom is 0.240 e. The monoisotopic (exact) mass is 278 g/mol. The molecule has 1 N–H and O–H groups in total. The van der Waals surface area contributed by atoms with Crippen molar-refractivity contribution in [1.29, 1.82) is 0 Å². The van der Waals surface area contributed by atoms with Gasteiger partial charge >= 0.3 is 0 Å². The number of thioether (sulfide) groups is 1. The Morgan fingerprint density at radius 3 is 2.47 bits per heavy atom. The topological polar surface area (TPSA) is 32.3 Å². The van der Waals surface area contributed by atoms with Gasteiger partial charge in [0.25, 0.3) is 0 Å². The summed E-state index contributed by atoms with van der Waals surface area (Å²) < 4.78 is 0. The lowest BCUT2D eigenvalue weighted by Crippen LogP contribution is -2.45. The summed E-state index contributed by atoms with van der Waals surface area (Å²) in [5.74, 6) is 0.258. The zero-order valence-electron chi connectivity index (χ0n) is 11.6. The second-order valence-corrected chi connectivity index (χ2v) is 5.86. The highest BCUT2D eigenvalue weighted by Gasteiger charge is 2.28. The Morgan fingerprint density at radius 2 is 1.95 bits per heavy atom. The third-order valence-corrected chi connectivity index (χ3v) is 4.72. The molecule has 19 heavy (non-hydrogen) atoms. The van der Waals surface area contributed by atoms with E-state index in [1.165, 1.54) is 0 Å². The van der Waals surface area contributed by atoms with Crippen LogP contribution in [-0.2, 0) is 4.79 Å². The van der Waals surface area contributed by atoms with Gasteiger partial charge < -0.3 is 10.2 Å². The van der Waals surface area contributed by atoms with Crippen LogP contribution in [0, 0.1) is 0 Å². The first-order valence-corrected chi connectivity index (χ1v) is 8.09. The number of amides is 1. The van der Waals surface area contributed by atoms with E-state index >= 15 is 0 Å². The van der Waals surface area contributed by atoms with Crippen LogP contribution in [0.3, 0.4) is 0 Å². The number of hydrogen-bond donors (Lipinski definition) is 1. The second kappa shape index (κ2) is 6.96. The van der Waals surface area contributed by atoms with Crippen LogP contribution in [0.15, 0.2) is 30.3 Å². The molecule has 0 aromatic heterocycles. The first-order valence-electron chi connectivity index (χ1n) is 6.80. The van der Waals surface area contributed by atoms with Crippen LogP contribution in [-0.4, -0.2) is 43.2 Å².